The van der Waals surface area contributed by atoms with Crippen molar-refractivity contribution in [2.24, 2.45) is 11.7 Å². The lowest BCUT2D eigenvalue weighted by Gasteiger charge is -2.28. The van der Waals surface area contributed by atoms with Crippen LogP contribution in [0.2, 0.25) is 0 Å². The average molecular weight is 202 g/mol. The van der Waals surface area contributed by atoms with Gasteiger partial charge in [0.05, 0.1) is 13.2 Å². The fraction of sp³-hybridized carbons (Fsp3) is 1.00. The van der Waals surface area contributed by atoms with Crippen LogP contribution in [0.1, 0.15) is 12.8 Å². The quantitative estimate of drug-likeness (QED) is 0.640. The molecule has 84 valence electrons. The van der Waals surface area contributed by atoms with Gasteiger partial charge >= 0.3 is 0 Å². The van der Waals surface area contributed by atoms with Crippen LogP contribution < -0.4 is 5.73 Å². The summed E-state index contributed by atoms with van der Waals surface area (Å²) >= 11 is 0. The van der Waals surface area contributed by atoms with Crippen molar-refractivity contribution in [2.45, 2.75) is 18.9 Å². The van der Waals surface area contributed by atoms with Crippen LogP contribution in [0, 0.1) is 5.92 Å². The van der Waals surface area contributed by atoms with E-state index in [0.717, 1.165) is 26.3 Å². The Balaban J connectivity index is 2.14. The summed E-state index contributed by atoms with van der Waals surface area (Å²) < 4.78 is 5.41. The van der Waals surface area contributed by atoms with E-state index in [0.29, 0.717) is 5.92 Å². The number of aliphatic hydroxyl groups excluding tert-OH is 1. The number of aliphatic hydroxyl groups is 1. The number of hydrogen-bond acceptors (Lipinski definition) is 4. The molecule has 2 unspecified atom stereocenters. The molecule has 4 nitrogen and oxygen atoms in total. The summed E-state index contributed by atoms with van der Waals surface area (Å²) in [5.74, 6) is 0.639. The van der Waals surface area contributed by atoms with Crippen LogP contribution in [-0.4, -0.2) is 56.0 Å². The normalized spacial score (nSPS) is 25.3. The van der Waals surface area contributed by atoms with Crippen molar-refractivity contribution in [3.63, 3.8) is 0 Å². The predicted molar refractivity (Wildman–Crippen MR) is 56.1 cm³/mol. The smallest absolute Gasteiger partial charge is 0.0595 e. The van der Waals surface area contributed by atoms with Crippen LogP contribution in [0.15, 0.2) is 0 Å². The standard InChI is InChI=1S/C10H22N2O2/c1-12(6-10(11)7-13)5-9-3-2-4-14-8-9/h9-10,13H,2-8,11H2,1H3. The first-order valence-corrected chi connectivity index (χ1v) is 5.35. The Morgan fingerprint density at radius 3 is 3.00 bits per heavy atom. The average Bonchev–Trinajstić information content (AvgIpc) is 2.19. The summed E-state index contributed by atoms with van der Waals surface area (Å²) in [7, 11) is 2.05. The van der Waals surface area contributed by atoms with Crippen molar-refractivity contribution in [3.05, 3.63) is 0 Å². The zero-order chi connectivity index (χ0) is 10.4. The van der Waals surface area contributed by atoms with Crippen LogP contribution in [0.5, 0.6) is 0 Å². The molecule has 1 heterocycles. The molecule has 0 aliphatic carbocycles. The summed E-state index contributed by atoms with van der Waals surface area (Å²) in [6.45, 7) is 3.63. The highest BCUT2D eigenvalue weighted by molar-refractivity contribution is 4.70. The van der Waals surface area contributed by atoms with Crippen LogP contribution in [0.4, 0.5) is 0 Å². The first-order valence-electron chi connectivity index (χ1n) is 5.35. The van der Waals surface area contributed by atoms with Crippen molar-refractivity contribution in [1.82, 2.24) is 4.90 Å². The van der Waals surface area contributed by atoms with Gasteiger partial charge in [-0.05, 0) is 25.8 Å². The molecule has 1 fully saturated rings. The van der Waals surface area contributed by atoms with Crippen LogP contribution in [0.25, 0.3) is 0 Å². The lowest BCUT2D eigenvalue weighted by Crippen LogP contribution is -2.40. The number of nitrogens with two attached hydrogens (primary N) is 1. The zero-order valence-electron chi connectivity index (χ0n) is 8.98. The van der Waals surface area contributed by atoms with E-state index >= 15 is 0 Å². The Bertz CT molecular complexity index is 149. The molecule has 1 aliphatic rings. The molecule has 0 bridgehead atoms. The maximum absolute atomic E-state index is 8.81. The van der Waals surface area contributed by atoms with Crippen molar-refractivity contribution in [3.8, 4) is 0 Å². The fourth-order valence-corrected chi connectivity index (χ4v) is 1.92. The molecular weight excluding hydrogens is 180 g/mol. The summed E-state index contributed by atoms with van der Waals surface area (Å²) in [4.78, 5) is 2.18. The van der Waals surface area contributed by atoms with E-state index in [1.54, 1.807) is 0 Å². The second-order valence-corrected chi connectivity index (χ2v) is 4.25. The van der Waals surface area contributed by atoms with Gasteiger partial charge in [-0.25, -0.2) is 0 Å². The van der Waals surface area contributed by atoms with Crippen molar-refractivity contribution >= 4 is 0 Å². The molecule has 3 N–H and O–H groups in total. The third-order valence-electron chi connectivity index (χ3n) is 2.61. The lowest BCUT2D eigenvalue weighted by molar-refractivity contribution is 0.0406. The van der Waals surface area contributed by atoms with E-state index in [9.17, 15) is 0 Å². The van der Waals surface area contributed by atoms with E-state index in [-0.39, 0.29) is 12.6 Å². The molecule has 0 radical (unpaired) electrons. The molecular formula is C10H22N2O2. The molecule has 0 spiro atoms. The first-order chi connectivity index (χ1) is 6.72. The molecule has 1 rings (SSSR count). The number of nitrogens with zero attached hydrogens (tertiary/aromatic N) is 1. The number of rotatable bonds is 5. The largest absolute Gasteiger partial charge is 0.395 e. The van der Waals surface area contributed by atoms with E-state index in [1.807, 2.05) is 7.05 Å². The Labute approximate surface area is 86.0 Å². The van der Waals surface area contributed by atoms with Crippen molar-refractivity contribution < 1.29 is 9.84 Å². The highest BCUT2D eigenvalue weighted by atomic mass is 16.5. The van der Waals surface area contributed by atoms with Gasteiger partial charge in [0.25, 0.3) is 0 Å². The molecule has 14 heavy (non-hydrogen) atoms. The van der Waals surface area contributed by atoms with E-state index in [2.05, 4.69) is 4.90 Å². The van der Waals surface area contributed by atoms with Gasteiger partial charge in [-0.2, -0.15) is 0 Å². The molecule has 1 aliphatic heterocycles. The second-order valence-electron chi connectivity index (χ2n) is 4.25. The van der Waals surface area contributed by atoms with Gasteiger partial charge in [0.1, 0.15) is 0 Å². The van der Waals surface area contributed by atoms with Gasteiger partial charge in [-0.3, -0.25) is 0 Å². The lowest BCUT2D eigenvalue weighted by atomic mass is 10.0. The Kier molecular flexibility index (Phi) is 5.40. The highest BCUT2D eigenvalue weighted by Crippen LogP contribution is 2.14. The van der Waals surface area contributed by atoms with Gasteiger partial charge in [0.15, 0.2) is 0 Å². The fourth-order valence-electron chi connectivity index (χ4n) is 1.92. The number of ether oxygens (including phenoxy) is 1. The molecule has 0 aromatic carbocycles. The van der Waals surface area contributed by atoms with E-state index in [4.69, 9.17) is 15.6 Å². The zero-order valence-corrected chi connectivity index (χ0v) is 8.98. The third kappa shape index (κ3) is 4.37. The summed E-state index contributed by atoms with van der Waals surface area (Å²) in [5, 5.41) is 8.81. The minimum Gasteiger partial charge on any atom is -0.395 e. The van der Waals surface area contributed by atoms with E-state index < -0.39 is 0 Å². The minimum atomic E-state index is -0.121. The third-order valence-corrected chi connectivity index (χ3v) is 2.61. The first kappa shape index (κ1) is 11.9. The summed E-state index contributed by atoms with van der Waals surface area (Å²) in [6.07, 6.45) is 2.42. The van der Waals surface area contributed by atoms with Crippen LogP contribution in [0.3, 0.4) is 0 Å². The van der Waals surface area contributed by atoms with Crippen molar-refractivity contribution in [2.75, 3.05) is 40.0 Å². The number of likely N-dealkylation sites (N-methyl/N-ethyl adjacent to an activating group) is 1. The van der Waals surface area contributed by atoms with Gasteiger partial charge in [0.2, 0.25) is 0 Å². The predicted octanol–water partition coefficient (Wildman–Crippen LogP) is -0.336. The SMILES string of the molecule is CN(CC(N)CO)CC1CCCOC1. The minimum absolute atomic E-state index is 0.0610. The van der Waals surface area contributed by atoms with Gasteiger partial charge in [0, 0.05) is 25.7 Å². The van der Waals surface area contributed by atoms with Gasteiger partial charge in [-0.15, -0.1) is 0 Å². The molecule has 4 heteroatoms. The Hall–Kier alpha value is -0.160. The van der Waals surface area contributed by atoms with E-state index in [1.165, 1.54) is 12.8 Å². The Morgan fingerprint density at radius 2 is 2.43 bits per heavy atom. The monoisotopic (exact) mass is 202 g/mol. The summed E-state index contributed by atoms with van der Waals surface area (Å²) in [6, 6.07) is -0.121. The van der Waals surface area contributed by atoms with Crippen LogP contribution in [-0.2, 0) is 4.74 Å². The topological polar surface area (TPSA) is 58.7 Å². The van der Waals surface area contributed by atoms with Crippen LogP contribution >= 0.6 is 0 Å². The molecule has 0 amide bonds. The Morgan fingerprint density at radius 1 is 1.64 bits per heavy atom. The second kappa shape index (κ2) is 6.35. The molecule has 0 saturated carbocycles. The van der Waals surface area contributed by atoms with Gasteiger partial charge < -0.3 is 20.5 Å². The molecule has 1 saturated heterocycles. The maximum atomic E-state index is 8.81. The molecule has 0 aromatic heterocycles. The number of hydrogen-bond donors (Lipinski definition) is 2. The highest BCUT2D eigenvalue weighted by Gasteiger charge is 2.16. The molecule has 0 aromatic rings. The molecule has 2 atom stereocenters. The van der Waals surface area contributed by atoms with Gasteiger partial charge in [-0.1, -0.05) is 0 Å². The summed E-state index contributed by atoms with van der Waals surface area (Å²) in [5.41, 5.74) is 5.66. The van der Waals surface area contributed by atoms with Crippen molar-refractivity contribution in [1.29, 1.82) is 0 Å². The maximum Gasteiger partial charge on any atom is 0.0595 e.